The van der Waals surface area contributed by atoms with Gasteiger partial charge < -0.3 is 9.84 Å². The van der Waals surface area contributed by atoms with Gasteiger partial charge in [0.15, 0.2) is 5.75 Å². The first-order chi connectivity index (χ1) is 7.30. The molecule has 1 rings (SSSR count). The number of carbonyl (C=O) groups is 1. The van der Waals surface area contributed by atoms with E-state index in [0.29, 0.717) is 0 Å². The Bertz CT molecular complexity index is 457. The molecule has 0 spiro atoms. The largest absolute Gasteiger partial charge is 0.504 e. The molecule has 4 heteroatoms. The van der Waals surface area contributed by atoms with Crippen molar-refractivity contribution in [2.75, 3.05) is 0 Å². The van der Waals surface area contributed by atoms with Crippen molar-refractivity contribution in [3.63, 3.8) is 0 Å². The van der Waals surface area contributed by atoms with Crippen molar-refractivity contribution in [3.8, 4) is 11.5 Å². The van der Waals surface area contributed by atoms with Crippen LogP contribution in [0.4, 0.5) is 0 Å². The number of esters is 1. The van der Waals surface area contributed by atoms with Crippen molar-refractivity contribution in [1.29, 1.82) is 0 Å². The Morgan fingerprint density at radius 2 is 1.75 bits per heavy atom. The van der Waals surface area contributed by atoms with Crippen LogP contribution in [-0.2, 0) is 4.79 Å². The maximum absolute atomic E-state index is 11.5. The number of hydrogen-bond acceptors (Lipinski definition) is 4. The van der Waals surface area contributed by atoms with E-state index in [9.17, 15) is 9.59 Å². The smallest absolute Gasteiger partial charge is 0.316 e. The summed E-state index contributed by atoms with van der Waals surface area (Å²) in [5.41, 5.74) is -1.13. The second-order valence-electron chi connectivity index (χ2n) is 4.46. The van der Waals surface area contributed by atoms with Crippen LogP contribution in [-0.4, -0.2) is 11.1 Å². The monoisotopic (exact) mass is 222 g/mol. The second-order valence-corrected chi connectivity index (χ2v) is 4.46. The summed E-state index contributed by atoms with van der Waals surface area (Å²) < 4.78 is 5.06. The summed E-state index contributed by atoms with van der Waals surface area (Å²) in [5, 5.41) is 9.14. The van der Waals surface area contributed by atoms with Crippen molar-refractivity contribution in [1.82, 2.24) is 0 Å². The molecule has 1 N–H and O–H groups in total. The van der Waals surface area contributed by atoms with E-state index in [1.165, 1.54) is 18.2 Å². The minimum Gasteiger partial charge on any atom is -0.504 e. The van der Waals surface area contributed by atoms with Crippen LogP contribution in [0.1, 0.15) is 20.8 Å². The highest BCUT2D eigenvalue weighted by Gasteiger charge is 2.23. The molecule has 0 aliphatic rings. The molecule has 4 nitrogen and oxygen atoms in total. The van der Waals surface area contributed by atoms with Gasteiger partial charge in [-0.05, 0) is 45.0 Å². The van der Waals surface area contributed by atoms with E-state index in [1.807, 2.05) is 0 Å². The Kier molecular flexibility index (Phi) is 3.32. The maximum Gasteiger partial charge on any atom is 0.316 e. The molecule has 0 saturated carbocycles. The summed E-state index contributed by atoms with van der Waals surface area (Å²) in [7, 11) is 0. The van der Waals surface area contributed by atoms with Gasteiger partial charge in [-0.2, -0.15) is 0 Å². The van der Waals surface area contributed by atoms with Crippen LogP contribution in [0, 0.1) is 5.41 Å². The van der Waals surface area contributed by atoms with Gasteiger partial charge in [-0.3, -0.25) is 9.59 Å². The van der Waals surface area contributed by atoms with E-state index >= 15 is 0 Å². The molecule has 0 amide bonds. The third kappa shape index (κ3) is 3.08. The van der Waals surface area contributed by atoms with Crippen molar-refractivity contribution < 1.29 is 14.6 Å². The maximum atomic E-state index is 11.5. The van der Waals surface area contributed by atoms with E-state index in [2.05, 4.69) is 0 Å². The van der Waals surface area contributed by atoms with Crippen LogP contribution < -0.4 is 10.2 Å². The number of aromatic hydroxyl groups is 1. The molecule has 16 heavy (non-hydrogen) atoms. The summed E-state index contributed by atoms with van der Waals surface area (Å²) in [6.07, 6.45) is 0. The van der Waals surface area contributed by atoms with Crippen molar-refractivity contribution in [2.45, 2.75) is 20.8 Å². The highest BCUT2D eigenvalue weighted by Crippen LogP contribution is 2.18. The lowest BCUT2D eigenvalue weighted by Crippen LogP contribution is -2.25. The van der Waals surface area contributed by atoms with Crippen molar-refractivity contribution in [2.24, 2.45) is 5.41 Å². The summed E-state index contributed by atoms with van der Waals surface area (Å²) in [6, 6.07) is 5.08. The fraction of sp³-hybridized carbons (Fsp3) is 0.333. The van der Waals surface area contributed by atoms with Crippen LogP contribution in [0.5, 0.6) is 11.5 Å². The first kappa shape index (κ1) is 12.2. The van der Waals surface area contributed by atoms with Gasteiger partial charge in [0, 0.05) is 0 Å². The van der Waals surface area contributed by atoms with Gasteiger partial charge in [0.25, 0.3) is 0 Å². The molecular weight excluding hydrogens is 208 g/mol. The van der Waals surface area contributed by atoms with Gasteiger partial charge in [-0.1, -0.05) is 0 Å². The summed E-state index contributed by atoms with van der Waals surface area (Å²) in [4.78, 5) is 22.6. The molecule has 86 valence electrons. The van der Waals surface area contributed by atoms with Crippen LogP contribution in [0.25, 0.3) is 0 Å². The highest BCUT2D eigenvalue weighted by molar-refractivity contribution is 5.77. The molecule has 0 fully saturated rings. The quantitative estimate of drug-likeness (QED) is 0.734. The average Bonchev–Trinajstić information content (AvgIpc) is 2.32. The molecule has 0 unspecified atom stereocenters. The highest BCUT2D eigenvalue weighted by atomic mass is 16.5. The zero-order valence-corrected chi connectivity index (χ0v) is 9.48. The average molecular weight is 222 g/mol. The van der Waals surface area contributed by atoms with Crippen LogP contribution in [0.15, 0.2) is 29.1 Å². The number of hydrogen-bond donors (Lipinski definition) is 1. The fourth-order valence-electron chi connectivity index (χ4n) is 0.870. The molecule has 0 radical (unpaired) electrons. The zero-order valence-electron chi connectivity index (χ0n) is 9.48. The van der Waals surface area contributed by atoms with E-state index in [-0.39, 0.29) is 11.5 Å². The lowest BCUT2D eigenvalue weighted by molar-refractivity contribution is -0.142. The lowest BCUT2D eigenvalue weighted by atomic mass is 9.97. The molecule has 0 aliphatic carbocycles. The van der Waals surface area contributed by atoms with Crippen LogP contribution in [0.2, 0.25) is 0 Å². The third-order valence-corrected chi connectivity index (χ3v) is 1.88. The molecule has 0 heterocycles. The van der Waals surface area contributed by atoms with Crippen LogP contribution in [0.3, 0.4) is 0 Å². The predicted octanol–water partition coefficient (Wildman–Crippen LogP) is 1.70. The number of ether oxygens (including phenoxy) is 1. The molecule has 0 bridgehead atoms. The van der Waals surface area contributed by atoms with Gasteiger partial charge in [0.2, 0.25) is 5.43 Å². The van der Waals surface area contributed by atoms with Gasteiger partial charge in [-0.25, -0.2) is 0 Å². The molecule has 1 aromatic rings. The lowest BCUT2D eigenvalue weighted by Gasteiger charge is -2.15. The summed E-state index contributed by atoms with van der Waals surface area (Å²) >= 11 is 0. The number of rotatable bonds is 1. The molecule has 0 aliphatic heterocycles. The van der Waals surface area contributed by atoms with E-state index < -0.39 is 16.8 Å². The van der Waals surface area contributed by atoms with Crippen molar-refractivity contribution in [3.05, 3.63) is 34.5 Å². The first-order valence-corrected chi connectivity index (χ1v) is 4.86. The topological polar surface area (TPSA) is 63.6 Å². The Hall–Kier alpha value is -1.84. The molecular formula is C12H14O4. The second kappa shape index (κ2) is 4.35. The Morgan fingerprint density at radius 3 is 2.31 bits per heavy atom. The normalized spacial score (nSPS) is 10.9. The Balaban J connectivity index is 2.97. The minimum absolute atomic E-state index is 0.234. The Labute approximate surface area is 93.5 Å². The molecule has 1 aromatic carbocycles. The van der Waals surface area contributed by atoms with Gasteiger partial charge in [0.05, 0.1) is 5.41 Å². The van der Waals surface area contributed by atoms with E-state index in [4.69, 9.17) is 9.84 Å². The van der Waals surface area contributed by atoms with Crippen LogP contribution >= 0.6 is 0 Å². The molecule has 0 atom stereocenters. The summed E-state index contributed by atoms with van der Waals surface area (Å²) in [5.74, 6) is -0.541. The fourth-order valence-corrected chi connectivity index (χ4v) is 0.870. The van der Waals surface area contributed by atoms with Gasteiger partial charge >= 0.3 is 5.97 Å². The molecule has 0 aromatic heterocycles. The summed E-state index contributed by atoms with van der Waals surface area (Å²) in [6.45, 7) is 5.19. The standard InChI is InChI=1S/C12H14O4/c1-12(2,3)11(15)16-8-4-6-9(13)10(14)7-5-8/h4-7H,1-3H3,(H,13,14). The number of carbonyl (C=O) groups excluding carboxylic acids is 1. The molecule has 0 saturated heterocycles. The zero-order chi connectivity index (χ0) is 12.3. The van der Waals surface area contributed by atoms with Gasteiger partial charge in [0.1, 0.15) is 5.75 Å². The minimum atomic E-state index is -0.614. The van der Waals surface area contributed by atoms with E-state index in [1.54, 1.807) is 20.8 Å². The Morgan fingerprint density at radius 1 is 1.19 bits per heavy atom. The SMILES string of the molecule is CC(C)(C)C(=O)Oc1ccc(O)c(=O)cc1. The third-order valence-electron chi connectivity index (χ3n) is 1.88. The predicted molar refractivity (Wildman–Crippen MR) is 59.5 cm³/mol. The van der Waals surface area contributed by atoms with Gasteiger partial charge in [-0.15, -0.1) is 0 Å². The van der Waals surface area contributed by atoms with E-state index in [0.717, 1.165) is 6.07 Å². The first-order valence-electron chi connectivity index (χ1n) is 4.86. The van der Waals surface area contributed by atoms with Crippen molar-refractivity contribution >= 4 is 5.97 Å².